The molecule has 5 heteroatoms. The number of urea groups is 1. The van der Waals surface area contributed by atoms with Crippen LogP contribution in [-0.4, -0.2) is 12.6 Å². The normalized spacial score (nSPS) is 9.87. The van der Waals surface area contributed by atoms with E-state index in [0.717, 1.165) is 4.47 Å². The van der Waals surface area contributed by atoms with Gasteiger partial charge >= 0.3 is 6.03 Å². The molecule has 2 aromatic rings. The first-order valence-electron chi connectivity index (χ1n) is 7.23. The third-order valence-electron chi connectivity index (χ3n) is 2.92. The summed E-state index contributed by atoms with van der Waals surface area (Å²) in [6.45, 7) is 4.55. The van der Waals surface area contributed by atoms with E-state index in [1.807, 2.05) is 62.4 Å². The van der Waals surface area contributed by atoms with E-state index in [0.29, 0.717) is 23.7 Å². The summed E-state index contributed by atoms with van der Waals surface area (Å²) in [5.41, 5.74) is 2.59. The molecule has 23 heavy (non-hydrogen) atoms. The number of carbonyl (C=O) groups is 1. The molecular formula is C18H19BrN2O2. The molecule has 0 unspecified atom stereocenters. The molecule has 2 aromatic carbocycles. The Labute approximate surface area is 144 Å². The van der Waals surface area contributed by atoms with Crippen LogP contribution < -0.4 is 15.4 Å². The van der Waals surface area contributed by atoms with Crippen molar-refractivity contribution in [2.45, 2.75) is 13.8 Å². The zero-order valence-electron chi connectivity index (χ0n) is 13.1. The van der Waals surface area contributed by atoms with Gasteiger partial charge in [0, 0.05) is 21.9 Å². The van der Waals surface area contributed by atoms with Gasteiger partial charge in [0.15, 0.2) is 0 Å². The summed E-state index contributed by atoms with van der Waals surface area (Å²) in [5.74, 6) is 0.711. The van der Waals surface area contributed by atoms with Crippen molar-refractivity contribution in [2.75, 3.05) is 17.2 Å². The largest absolute Gasteiger partial charge is 0.489 e. The van der Waals surface area contributed by atoms with Crippen molar-refractivity contribution in [1.82, 2.24) is 0 Å². The van der Waals surface area contributed by atoms with Gasteiger partial charge in [-0.2, -0.15) is 0 Å². The summed E-state index contributed by atoms with van der Waals surface area (Å²) in [6.07, 6.45) is 2.00. The summed E-state index contributed by atoms with van der Waals surface area (Å²) in [5, 5.41) is 5.57. The molecule has 0 aliphatic carbocycles. The van der Waals surface area contributed by atoms with E-state index in [1.54, 1.807) is 6.07 Å². The summed E-state index contributed by atoms with van der Waals surface area (Å²) in [7, 11) is 0. The molecule has 0 fully saturated rings. The van der Waals surface area contributed by atoms with E-state index in [-0.39, 0.29) is 6.03 Å². The van der Waals surface area contributed by atoms with E-state index in [1.165, 1.54) is 5.57 Å². The van der Waals surface area contributed by atoms with Gasteiger partial charge in [-0.05, 0) is 50.3 Å². The molecule has 120 valence electrons. The lowest BCUT2D eigenvalue weighted by Gasteiger charge is -2.10. The van der Waals surface area contributed by atoms with Crippen LogP contribution in [0.5, 0.6) is 5.75 Å². The first-order chi connectivity index (χ1) is 11.0. The molecule has 2 N–H and O–H groups in total. The number of rotatable bonds is 5. The van der Waals surface area contributed by atoms with Crippen LogP contribution in [0, 0.1) is 0 Å². The van der Waals surface area contributed by atoms with Gasteiger partial charge in [0.25, 0.3) is 0 Å². The van der Waals surface area contributed by atoms with Gasteiger partial charge in [-0.3, -0.25) is 0 Å². The van der Waals surface area contributed by atoms with Gasteiger partial charge in [0.1, 0.15) is 12.4 Å². The molecule has 0 spiro atoms. The highest BCUT2D eigenvalue weighted by Crippen LogP contribution is 2.19. The lowest BCUT2D eigenvalue weighted by molar-refractivity contribution is 0.262. The molecule has 2 rings (SSSR count). The van der Waals surface area contributed by atoms with Crippen molar-refractivity contribution >= 4 is 33.3 Å². The van der Waals surface area contributed by atoms with Gasteiger partial charge in [-0.25, -0.2) is 4.79 Å². The minimum atomic E-state index is -0.301. The number of hydrogen-bond acceptors (Lipinski definition) is 2. The maximum Gasteiger partial charge on any atom is 0.323 e. The maximum absolute atomic E-state index is 12.0. The topological polar surface area (TPSA) is 50.4 Å². The molecule has 0 heterocycles. The van der Waals surface area contributed by atoms with Crippen LogP contribution >= 0.6 is 15.9 Å². The first-order valence-corrected chi connectivity index (χ1v) is 8.02. The molecule has 2 amide bonds. The van der Waals surface area contributed by atoms with Crippen molar-refractivity contribution in [3.63, 3.8) is 0 Å². The fourth-order valence-corrected chi connectivity index (χ4v) is 2.23. The Balaban J connectivity index is 1.94. The standard InChI is InChI=1S/C18H19BrN2O2/c1-13(2)9-10-23-17-8-4-7-16(12-17)21-18(22)20-15-6-3-5-14(19)11-15/h3-9,11-12H,10H2,1-2H3,(H2,20,21,22). The Morgan fingerprint density at radius 2 is 1.74 bits per heavy atom. The minimum Gasteiger partial charge on any atom is -0.489 e. The second-order valence-electron chi connectivity index (χ2n) is 5.21. The van der Waals surface area contributed by atoms with E-state index >= 15 is 0 Å². The predicted molar refractivity (Wildman–Crippen MR) is 98.2 cm³/mol. The van der Waals surface area contributed by atoms with Crippen molar-refractivity contribution in [3.05, 3.63) is 64.7 Å². The Kier molecular flexibility index (Phi) is 6.23. The number of carbonyl (C=O) groups excluding carboxylic acids is 1. The van der Waals surface area contributed by atoms with Gasteiger partial charge in [-0.15, -0.1) is 0 Å². The molecule has 0 radical (unpaired) electrons. The third kappa shape index (κ3) is 6.16. The van der Waals surface area contributed by atoms with Crippen molar-refractivity contribution < 1.29 is 9.53 Å². The Bertz CT molecular complexity index is 710. The lowest BCUT2D eigenvalue weighted by atomic mass is 10.3. The van der Waals surface area contributed by atoms with Crippen molar-refractivity contribution in [2.24, 2.45) is 0 Å². The number of halogens is 1. The second kappa shape index (κ2) is 8.39. The van der Waals surface area contributed by atoms with E-state index < -0.39 is 0 Å². The molecule has 0 saturated heterocycles. The summed E-state index contributed by atoms with van der Waals surface area (Å²) in [4.78, 5) is 12.0. The number of allylic oxidation sites excluding steroid dienone is 1. The van der Waals surface area contributed by atoms with Crippen LogP contribution in [0.3, 0.4) is 0 Å². The van der Waals surface area contributed by atoms with Crippen LogP contribution in [0.15, 0.2) is 64.7 Å². The van der Waals surface area contributed by atoms with Gasteiger partial charge < -0.3 is 15.4 Å². The van der Waals surface area contributed by atoms with Crippen LogP contribution in [0.4, 0.5) is 16.2 Å². The fraction of sp³-hybridized carbons (Fsp3) is 0.167. The zero-order chi connectivity index (χ0) is 16.7. The monoisotopic (exact) mass is 374 g/mol. The van der Waals surface area contributed by atoms with E-state index in [2.05, 4.69) is 26.6 Å². The highest BCUT2D eigenvalue weighted by Gasteiger charge is 2.04. The van der Waals surface area contributed by atoms with Gasteiger partial charge in [0.2, 0.25) is 0 Å². The molecule has 4 nitrogen and oxygen atoms in total. The molecular weight excluding hydrogens is 356 g/mol. The molecule has 0 aliphatic heterocycles. The minimum absolute atomic E-state index is 0.301. The van der Waals surface area contributed by atoms with Crippen molar-refractivity contribution in [3.8, 4) is 5.75 Å². The Morgan fingerprint density at radius 3 is 2.39 bits per heavy atom. The van der Waals surface area contributed by atoms with E-state index in [4.69, 9.17) is 4.74 Å². The Hall–Kier alpha value is -2.27. The van der Waals surface area contributed by atoms with Gasteiger partial charge in [-0.1, -0.05) is 33.6 Å². The van der Waals surface area contributed by atoms with Crippen LogP contribution in [-0.2, 0) is 0 Å². The van der Waals surface area contributed by atoms with Crippen LogP contribution in [0.2, 0.25) is 0 Å². The average molecular weight is 375 g/mol. The molecule has 0 bridgehead atoms. The number of ether oxygens (including phenoxy) is 1. The summed E-state index contributed by atoms with van der Waals surface area (Å²) in [6, 6.07) is 14.4. The average Bonchev–Trinajstić information content (AvgIpc) is 2.47. The number of anilines is 2. The second-order valence-corrected chi connectivity index (χ2v) is 6.13. The summed E-state index contributed by atoms with van der Waals surface area (Å²) < 4.78 is 6.53. The zero-order valence-corrected chi connectivity index (χ0v) is 14.7. The molecule has 0 saturated carbocycles. The first kappa shape index (κ1) is 17.1. The summed E-state index contributed by atoms with van der Waals surface area (Å²) >= 11 is 3.37. The van der Waals surface area contributed by atoms with Crippen LogP contribution in [0.1, 0.15) is 13.8 Å². The fourth-order valence-electron chi connectivity index (χ4n) is 1.83. The number of nitrogens with one attached hydrogen (secondary N) is 2. The molecule has 0 aromatic heterocycles. The highest BCUT2D eigenvalue weighted by molar-refractivity contribution is 9.10. The highest BCUT2D eigenvalue weighted by atomic mass is 79.9. The quantitative estimate of drug-likeness (QED) is 0.684. The maximum atomic E-state index is 12.0. The SMILES string of the molecule is CC(C)=CCOc1cccc(NC(=O)Nc2cccc(Br)c2)c1. The van der Waals surface area contributed by atoms with Crippen LogP contribution in [0.25, 0.3) is 0 Å². The molecule has 0 atom stereocenters. The third-order valence-corrected chi connectivity index (χ3v) is 3.41. The molecule has 0 aliphatic rings. The van der Waals surface area contributed by atoms with E-state index in [9.17, 15) is 4.79 Å². The Morgan fingerprint density at radius 1 is 1.09 bits per heavy atom. The predicted octanol–water partition coefficient (Wildman–Crippen LogP) is 5.44. The number of hydrogen-bond donors (Lipinski definition) is 2. The lowest BCUT2D eigenvalue weighted by Crippen LogP contribution is -2.19. The van der Waals surface area contributed by atoms with Gasteiger partial charge in [0.05, 0.1) is 0 Å². The number of benzene rings is 2. The smallest absolute Gasteiger partial charge is 0.323 e. The number of amides is 2. The van der Waals surface area contributed by atoms with Crippen molar-refractivity contribution in [1.29, 1.82) is 0 Å².